The average Bonchev–Trinajstić information content (AvgIpc) is 3.14. The maximum absolute atomic E-state index is 12.5. The molecule has 1 amide bonds. The van der Waals surface area contributed by atoms with Crippen molar-refractivity contribution in [1.29, 1.82) is 0 Å². The molecule has 0 unspecified atom stereocenters. The molecule has 5 heteroatoms. The number of rotatable bonds is 7. The van der Waals surface area contributed by atoms with Crippen molar-refractivity contribution in [3.8, 4) is 5.75 Å². The zero-order valence-corrected chi connectivity index (χ0v) is 14.7. The Kier molecular flexibility index (Phi) is 5.80. The number of amides is 1. The van der Waals surface area contributed by atoms with Gasteiger partial charge in [-0.1, -0.05) is 36.4 Å². The first-order valence-electron chi connectivity index (χ1n) is 7.92. The van der Waals surface area contributed by atoms with Crippen molar-refractivity contribution in [3.63, 3.8) is 0 Å². The van der Waals surface area contributed by atoms with E-state index < -0.39 is 0 Å². The van der Waals surface area contributed by atoms with Gasteiger partial charge in [-0.15, -0.1) is 11.8 Å². The van der Waals surface area contributed by atoms with Gasteiger partial charge in [-0.3, -0.25) is 4.79 Å². The van der Waals surface area contributed by atoms with Gasteiger partial charge in [0.1, 0.15) is 5.75 Å². The van der Waals surface area contributed by atoms with E-state index in [-0.39, 0.29) is 5.91 Å². The summed E-state index contributed by atoms with van der Waals surface area (Å²) in [6.07, 6.45) is 1.55. The summed E-state index contributed by atoms with van der Waals surface area (Å²) >= 11 is 1.67. The lowest BCUT2D eigenvalue weighted by Crippen LogP contribution is -2.23. The highest BCUT2D eigenvalue weighted by atomic mass is 32.2. The number of furan rings is 1. The van der Waals surface area contributed by atoms with Crippen LogP contribution in [0.15, 0.2) is 76.2 Å². The summed E-state index contributed by atoms with van der Waals surface area (Å²) in [5.74, 6) is 1.57. The molecule has 0 atom stereocenters. The summed E-state index contributed by atoms with van der Waals surface area (Å²) in [5.41, 5.74) is 1.80. The van der Waals surface area contributed by atoms with E-state index in [1.54, 1.807) is 25.1 Å². The Morgan fingerprint density at radius 2 is 1.80 bits per heavy atom. The standard InChI is InChI=1S/C20H19NO3S/c1-23-18-10-6-5-7-15(18)13-21-20(22)19-16(11-12-24-19)14-25-17-8-3-2-4-9-17/h2-12H,13-14H2,1H3,(H,21,22). The second-order valence-electron chi connectivity index (χ2n) is 5.37. The van der Waals surface area contributed by atoms with Gasteiger partial charge in [0.25, 0.3) is 5.91 Å². The van der Waals surface area contributed by atoms with Crippen molar-refractivity contribution in [2.75, 3.05) is 7.11 Å². The highest BCUT2D eigenvalue weighted by Crippen LogP contribution is 2.25. The Balaban J connectivity index is 1.62. The Labute approximate surface area is 151 Å². The molecule has 0 saturated heterocycles. The van der Waals surface area contributed by atoms with Crippen LogP contribution in [0.25, 0.3) is 0 Å². The van der Waals surface area contributed by atoms with E-state index >= 15 is 0 Å². The molecular weight excluding hydrogens is 334 g/mol. The molecule has 0 aliphatic heterocycles. The maximum Gasteiger partial charge on any atom is 0.287 e. The maximum atomic E-state index is 12.5. The van der Waals surface area contributed by atoms with Crippen LogP contribution in [0, 0.1) is 0 Å². The molecule has 0 spiro atoms. The predicted octanol–water partition coefficient (Wildman–Crippen LogP) is 4.51. The highest BCUT2D eigenvalue weighted by Gasteiger charge is 2.16. The van der Waals surface area contributed by atoms with Crippen LogP contribution < -0.4 is 10.1 Å². The van der Waals surface area contributed by atoms with Crippen molar-refractivity contribution in [2.45, 2.75) is 17.2 Å². The fourth-order valence-corrected chi connectivity index (χ4v) is 3.33. The van der Waals surface area contributed by atoms with Crippen LogP contribution in [0.3, 0.4) is 0 Å². The normalized spacial score (nSPS) is 10.4. The number of thioether (sulfide) groups is 1. The summed E-state index contributed by atoms with van der Waals surface area (Å²) in [7, 11) is 1.62. The number of hydrogen-bond acceptors (Lipinski definition) is 4. The summed E-state index contributed by atoms with van der Waals surface area (Å²) in [5, 5.41) is 2.89. The molecule has 128 valence electrons. The Bertz CT molecular complexity index is 830. The molecule has 0 aliphatic carbocycles. The van der Waals surface area contributed by atoms with E-state index in [0.717, 1.165) is 21.8 Å². The monoisotopic (exact) mass is 353 g/mol. The van der Waals surface area contributed by atoms with Gasteiger partial charge < -0.3 is 14.5 Å². The van der Waals surface area contributed by atoms with Crippen molar-refractivity contribution in [2.24, 2.45) is 0 Å². The Morgan fingerprint density at radius 3 is 2.60 bits per heavy atom. The number of benzene rings is 2. The second-order valence-corrected chi connectivity index (χ2v) is 6.42. The largest absolute Gasteiger partial charge is 0.496 e. The van der Waals surface area contributed by atoms with E-state index in [0.29, 0.717) is 18.1 Å². The summed E-state index contributed by atoms with van der Waals surface area (Å²) in [6.45, 7) is 0.384. The molecular formula is C20H19NO3S. The van der Waals surface area contributed by atoms with Crippen LogP contribution in [0.1, 0.15) is 21.7 Å². The third kappa shape index (κ3) is 4.45. The van der Waals surface area contributed by atoms with Crippen LogP contribution in [0.4, 0.5) is 0 Å². The van der Waals surface area contributed by atoms with Crippen molar-refractivity contribution < 1.29 is 13.9 Å². The molecule has 0 fully saturated rings. The van der Waals surface area contributed by atoms with Gasteiger partial charge >= 0.3 is 0 Å². The summed E-state index contributed by atoms with van der Waals surface area (Å²) < 4.78 is 10.7. The third-order valence-corrected chi connectivity index (χ3v) is 4.78. The van der Waals surface area contributed by atoms with E-state index in [4.69, 9.17) is 9.15 Å². The second kappa shape index (κ2) is 8.44. The van der Waals surface area contributed by atoms with Crippen LogP contribution in [0.5, 0.6) is 5.75 Å². The molecule has 25 heavy (non-hydrogen) atoms. The molecule has 1 aromatic heterocycles. The lowest BCUT2D eigenvalue weighted by molar-refractivity contribution is 0.0922. The van der Waals surface area contributed by atoms with Gasteiger partial charge in [-0.25, -0.2) is 0 Å². The van der Waals surface area contributed by atoms with Crippen LogP contribution >= 0.6 is 11.8 Å². The molecule has 3 rings (SSSR count). The number of methoxy groups -OCH3 is 1. The number of ether oxygens (including phenoxy) is 1. The first-order valence-corrected chi connectivity index (χ1v) is 8.91. The van der Waals surface area contributed by atoms with Crippen LogP contribution in [-0.2, 0) is 12.3 Å². The molecule has 4 nitrogen and oxygen atoms in total. The molecule has 0 radical (unpaired) electrons. The SMILES string of the molecule is COc1ccccc1CNC(=O)c1occc1CSc1ccccc1. The predicted molar refractivity (Wildman–Crippen MR) is 98.9 cm³/mol. The third-order valence-electron chi connectivity index (χ3n) is 3.72. The van der Waals surface area contributed by atoms with Gasteiger partial charge in [-0.05, 0) is 24.3 Å². The van der Waals surface area contributed by atoms with E-state index in [2.05, 4.69) is 5.32 Å². The van der Waals surface area contributed by atoms with Gasteiger partial charge in [0, 0.05) is 28.3 Å². The highest BCUT2D eigenvalue weighted by molar-refractivity contribution is 7.98. The van der Waals surface area contributed by atoms with Crippen LogP contribution in [0.2, 0.25) is 0 Å². The Morgan fingerprint density at radius 1 is 1.04 bits per heavy atom. The lowest BCUT2D eigenvalue weighted by Gasteiger charge is -2.09. The van der Waals surface area contributed by atoms with Crippen molar-refractivity contribution in [3.05, 3.63) is 83.8 Å². The first kappa shape index (κ1) is 17.2. The molecule has 0 aliphatic rings. The smallest absolute Gasteiger partial charge is 0.287 e. The minimum Gasteiger partial charge on any atom is -0.496 e. The number of hydrogen-bond donors (Lipinski definition) is 1. The molecule has 1 heterocycles. The number of para-hydroxylation sites is 1. The van der Waals surface area contributed by atoms with Crippen molar-refractivity contribution in [1.82, 2.24) is 5.32 Å². The van der Waals surface area contributed by atoms with Crippen LogP contribution in [-0.4, -0.2) is 13.0 Å². The van der Waals surface area contributed by atoms with Gasteiger partial charge in [0.05, 0.1) is 13.4 Å². The Hall–Kier alpha value is -2.66. The van der Waals surface area contributed by atoms with E-state index in [1.807, 2.05) is 60.7 Å². The van der Waals surface area contributed by atoms with Gasteiger partial charge in [0.2, 0.25) is 0 Å². The zero-order valence-electron chi connectivity index (χ0n) is 13.9. The number of carbonyl (C=O) groups is 1. The topological polar surface area (TPSA) is 51.5 Å². The average molecular weight is 353 g/mol. The van der Waals surface area contributed by atoms with E-state index in [1.165, 1.54) is 0 Å². The quantitative estimate of drug-likeness (QED) is 0.635. The van der Waals surface area contributed by atoms with E-state index in [9.17, 15) is 4.79 Å². The van der Waals surface area contributed by atoms with Gasteiger partial charge in [0.15, 0.2) is 5.76 Å². The summed E-state index contributed by atoms with van der Waals surface area (Å²) in [4.78, 5) is 13.6. The minimum absolute atomic E-state index is 0.223. The number of carbonyl (C=O) groups excluding carboxylic acids is 1. The molecule has 2 aromatic carbocycles. The fraction of sp³-hybridized carbons (Fsp3) is 0.150. The molecule has 3 aromatic rings. The zero-order chi connectivity index (χ0) is 17.5. The fourth-order valence-electron chi connectivity index (χ4n) is 2.43. The van der Waals surface area contributed by atoms with Crippen molar-refractivity contribution >= 4 is 17.7 Å². The number of nitrogens with one attached hydrogen (secondary N) is 1. The minimum atomic E-state index is -0.223. The van der Waals surface area contributed by atoms with Gasteiger partial charge in [-0.2, -0.15) is 0 Å². The molecule has 1 N–H and O–H groups in total. The molecule has 0 saturated carbocycles. The lowest BCUT2D eigenvalue weighted by atomic mass is 10.2. The first-order chi connectivity index (χ1) is 12.3. The molecule has 0 bridgehead atoms. The summed E-state index contributed by atoms with van der Waals surface area (Å²) in [6, 6.07) is 19.5.